The van der Waals surface area contributed by atoms with E-state index in [0.29, 0.717) is 11.4 Å². The molecular formula is C13H23N5O2S. The van der Waals surface area contributed by atoms with E-state index in [1.165, 1.54) is 11.3 Å². The summed E-state index contributed by atoms with van der Waals surface area (Å²) in [6.45, 7) is 3.99. The number of nitrogens with zero attached hydrogens (tertiary/aromatic N) is 2. The highest BCUT2D eigenvalue weighted by atomic mass is 32.1. The van der Waals surface area contributed by atoms with Crippen LogP contribution in [-0.2, 0) is 4.74 Å². The zero-order chi connectivity index (χ0) is 15.4. The Morgan fingerprint density at radius 2 is 2.43 bits per heavy atom. The Labute approximate surface area is 128 Å². The lowest BCUT2D eigenvalue weighted by Gasteiger charge is -2.30. The monoisotopic (exact) mass is 313 g/mol. The first-order chi connectivity index (χ1) is 10.0. The minimum absolute atomic E-state index is 0.0392. The molecule has 2 heterocycles. The molecule has 21 heavy (non-hydrogen) atoms. The molecule has 1 aliphatic heterocycles. The molecule has 1 aromatic heterocycles. The number of amides is 1. The smallest absolute Gasteiger partial charge is 0.265 e. The van der Waals surface area contributed by atoms with Gasteiger partial charge in [-0.25, -0.2) is 4.98 Å². The van der Waals surface area contributed by atoms with Gasteiger partial charge in [0.1, 0.15) is 10.7 Å². The first kappa shape index (κ1) is 16.0. The number of nitrogens with two attached hydrogens (primary N) is 2. The number of thiazole rings is 1. The molecular weight excluding hydrogens is 290 g/mol. The van der Waals surface area contributed by atoms with Crippen LogP contribution in [0.5, 0.6) is 0 Å². The van der Waals surface area contributed by atoms with Gasteiger partial charge in [-0.3, -0.25) is 4.79 Å². The lowest BCUT2D eigenvalue weighted by molar-refractivity contribution is 0.0874. The Balaban J connectivity index is 2.02. The van der Waals surface area contributed by atoms with Crippen molar-refractivity contribution in [1.82, 2.24) is 10.3 Å². The summed E-state index contributed by atoms with van der Waals surface area (Å²) in [6.07, 6.45) is 2.02. The molecule has 0 radical (unpaired) electrons. The van der Waals surface area contributed by atoms with Crippen LogP contribution in [0.4, 0.5) is 10.9 Å². The SMILES string of the molecule is COC(C)CNC(=O)c1sc(N2CCCC(N)C2)nc1N. The molecule has 0 aliphatic carbocycles. The summed E-state index contributed by atoms with van der Waals surface area (Å²) in [7, 11) is 1.61. The van der Waals surface area contributed by atoms with Crippen molar-refractivity contribution in [2.24, 2.45) is 5.73 Å². The number of ether oxygens (including phenoxy) is 1. The van der Waals surface area contributed by atoms with Crippen molar-refractivity contribution in [3.63, 3.8) is 0 Å². The average molecular weight is 313 g/mol. The highest BCUT2D eigenvalue weighted by Gasteiger charge is 2.23. The van der Waals surface area contributed by atoms with Crippen molar-refractivity contribution in [3.8, 4) is 0 Å². The van der Waals surface area contributed by atoms with Crippen molar-refractivity contribution in [3.05, 3.63) is 4.88 Å². The van der Waals surface area contributed by atoms with Crippen LogP contribution in [0.15, 0.2) is 0 Å². The van der Waals surface area contributed by atoms with Crippen LogP contribution in [0.1, 0.15) is 29.4 Å². The van der Waals surface area contributed by atoms with Gasteiger partial charge in [-0.2, -0.15) is 0 Å². The number of aromatic nitrogens is 1. The molecule has 0 bridgehead atoms. The molecule has 118 valence electrons. The van der Waals surface area contributed by atoms with Crippen molar-refractivity contribution in [2.75, 3.05) is 37.4 Å². The summed E-state index contributed by atoms with van der Waals surface area (Å²) in [4.78, 5) is 19.0. The third kappa shape index (κ3) is 4.05. The maximum Gasteiger partial charge on any atom is 0.265 e. The number of rotatable bonds is 5. The summed E-state index contributed by atoms with van der Waals surface area (Å²) < 4.78 is 5.10. The third-order valence-corrected chi connectivity index (χ3v) is 4.66. The van der Waals surface area contributed by atoms with Crippen LogP contribution in [-0.4, -0.2) is 49.8 Å². The van der Waals surface area contributed by atoms with Crippen molar-refractivity contribution < 1.29 is 9.53 Å². The zero-order valence-electron chi connectivity index (χ0n) is 12.5. The number of hydrogen-bond acceptors (Lipinski definition) is 7. The van der Waals surface area contributed by atoms with Crippen LogP contribution in [0.3, 0.4) is 0 Å². The summed E-state index contributed by atoms with van der Waals surface area (Å²) in [5.74, 6) is 0.0678. The van der Waals surface area contributed by atoms with E-state index in [1.807, 2.05) is 6.92 Å². The van der Waals surface area contributed by atoms with E-state index < -0.39 is 0 Å². The number of nitrogen functional groups attached to an aromatic ring is 1. The van der Waals surface area contributed by atoms with Crippen LogP contribution in [0.25, 0.3) is 0 Å². The van der Waals surface area contributed by atoms with E-state index in [-0.39, 0.29) is 23.9 Å². The molecule has 2 rings (SSSR count). The summed E-state index contributed by atoms with van der Waals surface area (Å²) in [6, 6.07) is 0.156. The minimum Gasteiger partial charge on any atom is -0.382 e. The molecule has 0 saturated carbocycles. The van der Waals surface area contributed by atoms with E-state index >= 15 is 0 Å². The van der Waals surface area contributed by atoms with Crippen molar-refractivity contribution in [1.29, 1.82) is 0 Å². The van der Waals surface area contributed by atoms with Crippen LogP contribution in [0.2, 0.25) is 0 Å². The van der Waals surface area contributed by atoms with Gasteiger partial charge in [-0.05, 0) is 19.8 Å². The fourth-order valence-corrected chi connectivity index (χ4v) is 3.14. The molecule has 0 aromatic carbocycles. The van der Waals surface area contributed by atoms with Gasteiger partial charge in [0.05, 0.1) is 6.10 Å². The minimum atomic E-state index is -0.207. The van der Waals surface area contributed by atoms with Gasteiger partial charge < -0.3 is 26.4 Å². The lowest BCUT2D eigenvalue weighted by atomic mass is 10.1. The Morgan fingerprint density at radius 1 is 1.67 bits per heavy atom. The number of carbonyl (C=O) groups is 1. The number of nitrogens with one attached hydrogen (secondary N) is 1. The number of piperidine rings is 1. The highest BCUT2D eigenvalue weighted by molar-refractivity contribution is 7.18. The van der Waals surface area contributed by atoms with Gasteiger partial charge in [0.2, 0.25) is 0 Å². The van der Waals surface area contributed by atoms with Crippen LogP contribution in [0, 0.1) is 0 Å². The van der Waals surface area contributed by atoms with Gasteiger partial charge >= 0.3 is 0 Å². The number of hydrogen-bond donors (Lipinski definition) is 3. The standard InChI is InChI=1S/C13H23N5O2S/c1-8(20-2)6-16-12(19)10-11(15)17-13(21-10)18-5-3-4-9(14)7-18/h8-9H,3-7,14-15H2,1-2H3,(H,16,19). The molecule has 1 aliphatic rings. The topological polar surface area (TPSA) is 106 Å². The van der Waals surface area contributed by atoms with Crippen LogP contribution >= 0.6 is 11.3 Å². The molecule has 1 amide bonds. The number of carbonyl (C=O) groups excluding carboxylic acids is 1. The Hall–Kier alpha value is -1.38. The Kier molecular flexibility index (Phi) is 5.38. The summed E-state index contributed by atoms with van der Waals surface area (Å²) >= 11 is 1.32. The second-order valence-electron chi connectivity index (χ2n) is 5.32. The first-order valence-electron chi connectivity index (χ1n) is 7.09. The molecule has 0 spiro atoms. The van der Waals surface area contributed by atoms with Gasteiger partial charge in [0.25, 0.3) is 5.91 Å². The Morgan fingerprint density at radius 3 is 3.10 bits per heavy atom. The van der Waals surface area contributed by atoms with Gasteiger partial charge in [-0.15, -0.1) is 0 Å². The molecule has 2 atom stereocenters. The van der Waals surface area contributed by atoms with E-state index in [9.17, 15) is 4.79 Å². The molecule has 7 nitrogen and oxygen atoms in total. The predicted molar refractivity (Wildman–Crippen MR) is 84.8 cm³/mol. The maximum atomic E-state index is 12.1. The van der Waals surface area contributed by atoms with Crippen molar-refractivity contribution in [2.45, 2.75) is 31.9 Å². The molecule has 1 fully saturated rings. The molecule has 1 saturated heterocycles. The maximum absolute atomic E-state index is 12.1. The van der Waals surface area contributed by atoms with E-state index in [2.05, 4.69) is 15.2 Å². The number of anilines is 2. The summed E-state index contributed by atoms with van der Waals surface area (Å²) in [5.41, 5.74) is 11.8. The quantitative estimate of drug-likeness (QED) is 0.727. The molecule has 2 unspecified atom stereocenters. The fraction of sp³-hybridized carbons (Fsp3) is 0.692. The molecule has 8 heteroatoms. The summed E-state index contributed by atoms with van der Waals surface area (Å²) in [5, 5.41) is 3.57. The van der Waals surface area contributed by atoms with E-state index in [0.717, 1.165) is 31.1 Å². The van der Waals surface area contributed by atoms with Gasteiger partial charge in [-0.1, -0.05) is 11.3 Å². The zero-order valence-corrected chi connectivity index (χ0v) is 13.3. The highest BCUT2D eigenvalue weighted by Crippen LogP contribution is 2.29. The third-order valence-electron chi connectivity index (χ3n) is 3.53. The average Bonchev–Trinajstić information content (AvgIpc) is 2.86. The molecule has 1 aromatic rings. The Bertz CT molecular complexity index is 493. The lowest BCUT2D eigenvalue weighted by Crippen LogP contribution is -2.42. The van der Waals surface area contributed by atoms with Crippen molar-refractivity contribution >= 4 is 28.2 Å². The first-order valence-corrected chi connectivity index (χ1v) is 7.90. The largest absolute Gasteiger partial charge is 0.382 e. The van der Waals surface area contributed by atoms with Gasteiger partial charge in [0.15, 0.2) is 5.13 Å². The van der Waals surface area contributed by atoms with E-state index in [4.69, 9.17) is 16.2 Å². The molecule has 5 N–H and O–H groups in total. The second kappa shape index (κ2) is 7.06. The normalized spacial score (nSPS) is 20.3. The predicted octanol–water partition coefficient (Wildman–Crippen LogP) is 0.418. The second-order valence-corrected chi connectivity index (χ2v) is 6.29. The number of methoxy groups -OCH3 is 1. The fourth-order valence-electron chi connectivity index (χ4n) is 2.20. The van der Waals surface area contributed by atoms with Crippen LogP contribution < -0.4 is 21.7 Å². The van der Waals surface area contributed by atoms with Gasteiger partial charge in [0, 0.05) is 32.8 Å². The van der Waals surface area contributed by atoms with E-state index in [1.54, 1.807) is 7.11 Å².